The molecule has 0 aliphatic heterocycles. The minimum absolute atomic E-state index is 0.0856. The topological polar surface area (TPSA) is 76.5 Å². The molecule has 0 amide bonds. The van der Waals surface area contributed by atoms with Crippen LogP contribution >= 0.6 is 23.1 Å². The number of nitrogens with zero attached hydrogens (tertiary/aromatic N) is 4. The maximum absolute atomic E-state index is 12.1. The van der Waals surface area contributed by atoms with Crippen LogP contribution in [-0.2, 0) is 12.3 Å². The van der Waals surface area contributed by atoms with Crippen LogP contribution in [-0.4, -0.2) is 24.7 Å². The fourth-order valence-electron chi connectivity index (χ4n) is 2.54. The normalized spacial score (nSPS) is 11.2. The molecule has 0 saturated carbocycles. The fourth-order valence-corrected chi connectivity index (χ4v) is 4.12. The SMILES string of the molecule is Cc1nnc(SCc2nc3ccsc3c(=O)[nH]2)n1Cc1ccccc1. The van der Waals surface area contributed by atoms with E-state index in [4.69, 9.17) is 0 Å². The van der Waals surface area contributed by atoms with Crippen LogP contribution in [0.5, 0.6) is 0 Å². The summed E-state index contributed by atoms with van der Waals surface area (Å²) < 4.78 is 2.73. The molecular weight excluding hydrogens is 354 g/mol. The number of H-pyrrole nitrogens is 1. The number of aromatic nitrogens is 5. The van der Waals surface area contributed by atoms with E-state index in [1.54, 1.807) is 0 Å². The smallest absolute Gasteiger partial charge is 0.268 e. The van der Waals surface area contributed by atoms with Crippen molar-refractivity contribution in [3.05, 3.63) is 69.3 Å². The lowest BCUT2D eigenvalue weighted by molar-refractivity contribution is 0.688. The van der Waals surface area contributed by atoms with Gasteiger partial charge in [-0.25, -0.2) is 4.98 Å². The molecule has 0 bridgehead atoms. The van der Waals surface area contributed by atoms with Crippen LogP contribution in [0.3, 0.4) is 0 Å². The second-order valence-corrected chi connectivity index (χ2v) is 7.40. The van der Waals surface area contributed by atoms with Crippen molar-refractivity contribution in [1.82, 2.24) is 24.7 Å². The monoisotopic (exact) mass is 369 g/mol. The lowest BCUT2D eigenvalue weighted by Crippen LogP contribution is -2.10. The molecular formula is C17H15N5OS2. The van der Waals surface area contributed by atoms with E-state index >= 15 is 0 Å². The van der Waals surface area contributed by atoms with Crippen LogP contribution in [0.2, 0.25) is 0 Å². The number of hydrogen-bond acceptors (Lipinski definition) is 6. The van der Waals surface area contributed by atoms with Crippen LogP contribution in [0.4, 0.5) is 0 Å². The molecule has 4 aromatic rings. The van der Waals surface area contributed by atoms with E-state index in [9.17, 15) is 4.79 Å². The van der Waals surface area contributed by atoms with Gasteiger partial charge in [-0.15, -0.1) is 21.5 Å². The van der Waals surface area contributed by atoms with Gasteiger partial charge >= 0.3 is 0 Å². The number of hydrogen-bond donors (Lipinski definition) is 1. The van der Waals surface area contributed by atoms with Gasteiger partial charge < -0.3 is 9.55 Å². The summed E-state index contributed by atoms with van der Waals surface area (Å²) in [5, 5.41) is 11.1. The Hall–Kier alpha value is -2.45. The van der Waals surface area contributed by atoms with Gasteiger partial charge in [0.25, 0.3) is 5.56 Å². The van der Waals surface area contributed by atoms with E-state index in [1.807, 2.05) is 36.6 Å². The number of thioether (sulfide) groups is 1. The van der Waals surface area contributed by atoms with E-state index in [2.05, 4.69) is 36.9 Å². The highest BCUT2D eigenvalue weighted by Crippen LogP contribution is 2.22. The first-order valence-electron chi connectivity index (χ1n) is 7.73. The van der Waals surface area contributed by atoms with Gasteiger partial charge in [-0.3, -0.25) is 4.79 Å². The third kappa shape index (κ3) is 3.35. The zero-order valence-electron chi connectivity index (χ0n) is 13.5. The van der Waals surface area contributed by atoms with Gasteiger partial charge in [0.05, 0.1) is 17.8 Å². The maximum atomic E-state index is 12.1. The van der Waals surface area contributed by atoms with Crippen molar-refractivity contribution in [2.75, 3.05) is 0 Å². The van der Waals surface area contributed by atoms with E-state index < -0.39 is 0 Å². The second-order valence-electron chi connectivity index (χ2n) is 5.54. The van der Waals surface area contributed by atoms with Crippen molar-refractivity contribution in [2.45, 2.75) is 24.4 Å². The van der Waals surface area contributed by atoms with Crippen molar-refractivity contribution in [3.63, 3.8) is 0 Å². The summed E-state index contributed by atoms with van der Waals surface area (Å²) in [6.45, 7) is 2.66. The highest BCUT2D eigenvalue weighted by Gasteiger charge is 2.12. The summed E-state index contributed by atoms with van der Waals surface area (Å²) in [4.78, 5) is 19.4. The Morgan fingerprint density at radius 1 is 1.20 bits per heavy atom. The average molecular weight is 369 g/mol. The largest absolute Gasteiger partial charge is 0.309 e. The number of nitrogens with one attached hydrogen (secondary N) is 1. The number of benzene rings is 1. The lowest BCUT2D eigenvalue weighted by Gasteiger charge is -2.08. The Labute approximate surface area is 152 Å². The van der Waals surface area contributed by atoms with Gasteiger partial charge in [0.1, 0.15) is 16.3 Å². The van der Waals surface area contributed by atoms with Crippen LogP contribution in [0.25, 0.3) is 10.2 Å². The van der Waals surface area contributed by atoms with Crippen molar-refractivity contribution < 1.29 is 0 Å². The molecule has 0 aliphatic carbocycles. The molecule has 0 fully saturated rings. The molecule has 25 heavy (non-hydrogen) atoms. The maximum Gasteiger partial charge on any atom is 0.268 e. The number of thiophene rings is 1. The summed E-state index contributed by atoms with van der Waals surface area (Å²) in [6, 6.07) is 12.1. The minimum Gasteiger partial charge on any atom is -0.309 e. The third-order valence-electron chi connectivity index (χ3n) is 3.79. The molecule has 0 saturated heterocycles. The Morgan fingerprint density at radius 2 is 2.04 bits per heavy atom. The highest BCUT2D eigenvalue weighted by atomic mass is 32.2. The number of aryl methyl sites for hydroxylation is 1. The molecule has 1 aromatic carbocycles. The second kappa shape index (κ2) is 6.81. The molecule has 0 radical (unpaired) electrons. The van der Waals surface area contributed by atoms with Gasteiger partial charge in [0.15, 0.2) is 5.16 Å². The van der Waals surface area contributed by atoms with Crippen molar-refractivity contribution in [1.29, 1.82) is 0 Å². The zero-order chi connectivity index (χ0) is 17.2. The molecule has 3 aromatic heterocycles. The molecule has 1 N–H and O–H groups in total. The Morgan fingerprint density at radius 3 is 2.88 bits per heavy atom. The molecule has 3 heterocycles. The predicted octanol–water partition coefficient (Wildman–Crippen LogP) is 3.23. The Balaban J connectivity index is 1.55. The van der Waals surface area contributed by atoms with Gasteiger partial charge in [-0.2, -0.15) is 0 Å². The molecule has 4 rings (SSSR count). The first-order valence-corrected chi connectivity index (χ1v) is 9.60. The van der Waals surface area contributed by atoms with Gasteiger partial charge in [0.2, 0.25) is 0 Å². The molecule has 8 heteroatoms. The standard InChI is InChI=1S/C17H15N5OS2/c1-11-20-21-17(22(11)9-12-5-3-2-4-6-12)25-10-14-18-13-7-8-24-15(13)16(23)19-14/h2-8H,9-10H2,1H3,(H,18,19,23). The fraction of sp³-hybridized carbons (Fsp3) is 0.176. The van der Waals surface area contributed by atoms with Crippen molar-refractivity contribution >= 4 is 33.3 Å². The van der Waals surface area contributed by atoms with Gasteiger partial charge in [-0.1, -0.05) is 42.1 Å². The first kappa shape index (κ1) is 16.0. The average Bonchev–Trinajstić information content (AvgIpc) is 3.22. The summed E-state index contributed by atoms with van der Waals surface area (Å²) >= 11 is 2.92. The van der Waals surface area contributed by atoms with E-state index in [0.717, 1.165) is 23.0 Å². The third-order valence-corrected chi connectivity index (χ3v) is 5.67. The highest BCUT2D eigenvalue weighted by molar-refractivity contribution is 7.98. The molecule has 0 unspecified atom stereocenters. The van der Waals surface area contributed by atoms with Crippen LogP contribution in [0.1, 0.15) is 17.2 Å². The van der Waals surface area contributed by atoms with Gasteiger partial charge in [-0.05, 0) is 23.9 Å². The van der Waals surface area contributed by atoms with E-state index in [1.165, 1.54) is 28.7 Å². The molecule has 126 valence electrons. The van der Waals surface area contributed by atoms with Crippen LogP contribution in [0, 0.1) is 6.92 Å². The summed E-state index contributed by atoms with van der Waals surface area (Å²) in [7, 11) is 0. The predicted molar refractivity (Wildman–Crippen MR) is 100 cm³/mol. The molecule has 6 nitrogen and oxygen atoms in total. The van der Waals surface area contributed by atoms with Crippen LogP contribution < -0.4 is 5.56 Å². The van der Waals surface area contributed by atoms with Crippen LogP contribution in [0.15, 0.2) is 51.7 Å². The minimum atomic E-state index is -0.0856. The summed E-state index contributed by atoms with van der Waals surface area (Å²) in [5.41, 5.74) is 1.85. The van der Waals surface area contributed by atoms with Gasteiger partial charge in [0, 0.05) is 0 Å². The molecule has 0 atom stereocenters. The zero-order valence-corrected chi connectivity index (χ0v) is 15.1. The van der Waals surface area contributed by atoms with Crippen molar-refractivity contribution in [3.8, 4) is 0 Å². The summed E-state index contributed by atoms with van der Waals surface area (Å²) in [5.74, 6) is 2.04. The number of rotatable bonds is 5. The molecule has 0 spiro atoms. The quantitative estimate of drug-likeness (QED) is 0.547. The Kier molecular flexibility index (Phi) is 4.37. The first-order chi connectivity index (χ1) is 12.2. The van der Waals surface area contributed by atoms with E-state index in [-0.39, 0.29) is 5.56 Å². The Bertz CT molecular complexity index is 1070. The number of aromatic amines is 1. The summed E-state index contributed by atoms with van der Waals surface area (Å²) in [6.07, 6.45) is 0. The van der Waals surface area contributed by atoms with Crippen molar-refractivity contribution in [2.24, 2.45) is 0 Å². The molecule has 0 aliphatic rings. The number of fused-ring (bicyclic) bond motifs is 1. The van der Waals surface area contributed by atoms with E-state index in [0.29, 0.717) is 16.3 Å². The lowest BCUT2D eigenvalue weighted by atomic mass is 10.2.